The van der Waals surface area contributed by atoms with Gasteiger partial charge in [-0.15, -0.1) is 0 Å². The quantitative estimate of drug-likeness (QED) is 0.746. The van der Waals surface area contributed by atoms with Gasteiger partial charge in [-0.05, 0) is 50.9 Å². The van der Waals surface area contributed by atoms with Crippen molar-refractivity contribution in [3.63, 3.8) is 0 Å². The summed E-state index contributed by atoms with van der Waals surface area (Å²) < 4.78 is 0. The number of anilines is 2. The van der Waals surface area contributed by atoms with Crippen LogP contribution in [0.15, 0.2) is 42.5 Å². The molecule has 4 atom stereocenters. The Morgan fingerprint density at radius 1 is 1.03 bits per heavy atom. The zero-order chi connectivity index (χ0) is 20.8. The number of benzene rings is 2. The summed E-state index contributed by atoms with van der Waals surface area (Å²) in [5.41, 5.74) is 3.10. The molecule has 0 radical (unpaired) electrons. The Kier molecular flexibility index (Phi) is 3.44. The summed E-state index contributed by atoms with van der Waals surface area (Å²) >= 11 is 0. The van der Waals surface area contributed by atoms with Gasteiger partial charge < -0.3 is 5.32 Å². The molecule has 6 rings (SSSR count). The zero-order valence-electron chi connectivity index (χ0n) is 17.0. The fourth-order valence-electron chi connectivity index (χ4n) is 6.45. The number of rotatable bonds is 1. The first-order chi connectivity index (χ1) is 14.5. The normalized spacial score (nSPS) is 32.0. The van der Waals surface area contributed by atoms with Gasteiger partial charge in [-0.2, -0.15) is 0 Å². The number of aryl methyl sites for hydroxylation is 2. The van der Waals surface area contributed by atoms with Gasteiger partial charge in [-0.3, -0.25) is 19.3 Å². The third-order valence-corrected chi connectivity index (χ3v) is 7.49. The molecule has 152 valence electrons. The van der Waals surface area contributed by atoms with Crippen LogP contribution in [0, 0.1) is 25.7 Å². The van der Waals surface area contributed by atoms with E-state index >= 15 is 0 Å². The summed E-state index contributed by atoms with van der Waals surface area (Å²) in [6.07, 6.45) is 1.76. The minimum atomic E-state index is -1.09. The van der Waals surface area contributed by atoms with Crippen molar-refractivity contribution in [3.8, 4) is 0 Å². The average Bonchev–Trinajstić information content (AvgIpc) is 3.41. The van der Waals surface area contributed by atoms with Crippen molar-refractivity contribution in [3.05, 3.63) is 59.2 Å². The fraction of sp³-hybridized carbons (Fsp3) is 0.375. The van der Waals surface area contributed by atoms with Crippen molar-refractivity contribution < 1.29 is 14.4 Å². The van der Waals surface area contributed by atoms with Gasteiger partial charge in [0.05, 0.1) is 17.5 Å². The van der Waals surface area contributed by atoms with E-state index in [1.165, 1.54) is 4.90 Å². The van der Waals surface area contributed by atoms with Gasteiger partial charge in [0.15, 0.2) is 0 Å². The Balaban J connectivity index is 1.56. The van der Waals surface area contributed by atoms with Crippen molar-refractivity contribution >= 4 is 29.1 Å². The molecular weight excluding hydrogens is 378 g/mol. The van der Waals surface area contributed by atoms with Gasteiger partial charge in [-0.1, -0.05) is 35.9 Å². The molecule has 1 spiro atoms. The van der Waals surface area contributed by atoms with Crippen molar-refractivity contribution in [2.75, 3.05) is 16.8 Å². The Morgan fingerprint density at radius 2 is 1.83 bits per heavy atom. The maximum atomic E-state index is 13.9. The highest BCUT2D eigenvalue weighted by Gasteiger charge is 2.74. The number of hydrogen-bond donors (Lipinski definition) is 1. The molecule has 4 aliphatic rings. The van der Waals surface area contributed by atoms with E-state index in [1.807, 2.05) is 56.3 Å². The van der Waals surface area contributed by atoms with Crippen LogP contribution in [0.25, 0.3) is 0 Å². The minimum Gasteiger partial charge on any atom is -0.324 e. The number of hydrogen-bond acceptors (Lipinski definition) is 4. The van der Waals surface area contributed by atoms with Crippen molar-refractivity contribution in [2.24, 2.45) is 11.8 Å². The van der Waals surface area contributed by atoms with E-state index in [0.717, 1.165) is 41.8 Å². The molecule has 1 N–H and O–H groups in total. The fourth-order valence-corrected chi connectivity index (χ4v) is 6.45. The molecule has 3 fully saturated rings. The summed E-state index contributed by atoms with van der Waals surface area (Å²) in [5.74, 6) is -1.77. The Hall–Kier alpha value is -2.99. The zero-order valence-corrected chi connectivity index (χ0v) is 17.0. The molecule has 0 aliphatic carbocycles. The van der Waals surface area contributed by atoms with Crippen LogP contribution in [0.4, 0.5) is 11.4 Å². The number of nitrogens with zero attached hydrogens (tertiary/aromatic N) is 2. The number of nitrogens with one attached hydrogen (secondary N) is 1. The summed E-state index contributed by atoms with van der Waals surface area (Å²) in [7, 11) is 0. The van der Waals surface area contributed by atoms with E-state index in [4.69, 9.17) is 0 Å². The number of fused-ring (bicyclic) bond motifs is 7. The molecule has 0 bridgehead atoms. The molecule has 30 heavy (non-hydrogen) atoms. The largest absolute Gasteiger partial charge is 0.324 e. The Morgan fingerprint density at radius 3 is 2.63 bits per heavy atom. The van der Waals surface area contributed by atoms with E-state index in [1.54, 1.807) is 0 Å². The van der Waals surface area contributed by atoms with Crippen molar-refractivity contribution in [1.82, 2.24) is 4.90 Å². The second-order valence-corrected chi connectivity index (χ2v) is 8.97. The smallest absolute Gasteiger partial charge is 0.250 e. The molecular formula is C24H23N3O3. The van der Waals surface area contributed by atoms with E-state index in [9.17, 15) is 14.4 Å². The van der Waals surface area contributed by atoms with Crippen LogP contribution >= 0.6 is 0 Å². The van der Waals surface area contributed by atoms with Gasteiger partial charge in [0.2, 0.25) is 17.7 Å². The second-order valence-electron chi connectivity index (χ2n) is 8.97. The number of carbonyl (C=O) groups is 3. The molecule has 3 saturated heterocycles. The van der Waals surface area contributed by atoms with Crippen molar-refractivity contribution in [2.45, 2.75) is 38.3 Å². The van der Waals surface area contributed by atoms with Crippen LogP contribution in [0.2, 0.25) is 0 Å². The monoisotopic (exact) mass is 401 g/mol. The van der Waals surface area contributed by atoms with E-state index in [-0.39, 0.29) is 23.8 Å². The molecule has 0 saturated carbocycles. The molecule has 0 unspecified atom stereocenters. The summed E-state index contributed by atoms with van der Waals surface area (Å²) in [6.45, 7) is 4.64. The van der Waals surface area contributed by atoms with E-state index < -0.39 is 17.4 Å². The second kappa shape index (κ2) is 5.79. The topological polar surface area (TPSA) is 69.7 Å². The van der Waals surface area contributed by atoms with E-state index in [0.29, 0.717) is 5.69 Å². The third kappa shape index (κ3) is 1.90. The lowest BCUT2D eigenvalue weighted by Gasteiger charge is -2.36. The highest BCUT2D eigenvalue weighted by Crippen LogP contribution is 2.60. The van der Waals surface area contributed by atoms with Crippen LogP contribution in [-0.4, -0.2) is 35.2 Å². The van der Waals surface area contributed by atoms with Gasteiger partial charge in [-0.25, -0.2) is 4.90 Å². The average molecular weight is 401 g/mol. The first-order valence-electron chi connectivity index (χ1n) is 10.6. The molecule has 4 aliphatic heterocycles. The SMILES string of the molecule is Cc1ccc(N2C(=O)[C@H]3[C@H]4CCCN4[C@@]4(C(=O)Nc5ccccc54)[C@@H]3C2=O)c(C)c1. The Bertz CT molecular complexity index is 1140. The summed E-state index contributed by atoms with van der Waals surface area (Å²) in [5, 5.41) is 3.00. The Labute approximate surface area is 174 Å². The lowest BCUT2D eigenvalue weighted by molar-refractivity contribution is -0.135. The third-order valence-electron chi connectivity index (χ3n) is 7.49. The molecule has 2 aromatic rings. The maximum absolute atomic E-state index is 13.9. The van der Waals surface area contributed by atoms with E-state index in [2.05, 4.69) is 10.2 Å². The molecule has 6 nitrogen and oxygen atoms in total. The highest BCUT2D eigenvalue weighted by atomic mass is 16.2. The predicted molar refractivity (Wildman–Crippen MR) is 112 cm³/mol. The summed E-state index contributed by atoms with van der Waals surface area (Å²) in [6, 6.07) is 13.3. The van der Waals surface area contributed by atoms with Crippen LogP contribution < -0.4 is 10.2 Å². The van der Waals surface area contributed by atoms with Gasteiger partial charge in [0, 0.05) is 17.3 Å². The minimum absolute atomic E-state index is 0.0842. The number of para-hydroxylation sites is 1. The van der Waals surface area contributed by atoms with Gasteiger partial charge in [0.25, 0.3) is 0 Å². The van der Waals surface area contributed by atoms with Crippen LogP contribution in [0.5, 0.6) is 0 Å². The first-order valence-corrected chi connectivity index (χ1v) is 10.6. The predicted octanol–water partition coefficient (Wildman–Crippen LogP) is 2.73. The molecule has 4 heterocycles. The number of carbonyl (C=O) groups excluding carboxylic acids is 3. The lowest BCUT2D eigenvalue weighted by atomic mass is 9.75. The van der Waals surface area contributed by atoms with Crippen LogP contribution in [0.1, 0.15) is 29.5 Å². The molecule has 6 heteroatoms. The number of imide groups is 1. The lowest BCUT2D eigenvalue weighted by Crippen LogP contribution is -2.54. The number of amides is 3. The van der Waals surface area contributed by atoms with Crippen molar-refractivity contribution in [1.29, 1.82) is 0 Å². The standard InChI is InChI=1S/C24H23N3O3/c1-13-9-10-17(14(2)12-13)27-21(28)19-18-8-5-11-26(18)24(20(19)22(27)29)15-6-3-4-7-16(15)25-23(24)30/h3-4,6-7,9-10,12,18-20H,5,8,11H2,1-2H3,(H,25,30)/t18-,19+,20+,24-/m1/s1. The maximum Gasteiger partial charge on any atom is 0.250 e. The first kappa shape index (κ1) is 17.8. The molecule has 2 aromatic carbocycles. The van der Waals surface area contributed by atoms with Crippen LogP contribution in [0.3, 0.4) is 0 Å². The summed E-state index contributed by atoms with van der Waals surface area (Å²) in [4.78, 5) is 44.6. The highest BCUT2D eigenvalue weighted by molar-refractivity contribution is 6.26. The molecule has 0 aromatic heterocycles. The van der Waals surface area contributed by atoms with Crippen LogP contribution in [-0.2, 0) is 19.9 Å². The van der Waals surface area contributed by atoms with Gasteiger partial charge in [0.1, 0.15) is 5.54 Å². The molecule has 3 amide bonds. The van der Waals surface area contributed by atoms with Gasteiger partial charge >= 0.3 is 0 Å².